The Morgan fingerprint density at radius 3 is 1.92 bits per heavy atom. The highest BCUT2D eigenvalue weighted by Gasteiger charge is 2.13. The van der Waals surface area contributed by atoms with Gasteiger partial charge >= 0.3 is 0 Å². The first-order valence-electron chi connectivity index (χ1n) is 16.9. The highest BCUT2D eigenvalue weighted by atomic mass is 14.9. The van der Waals surface area contributed by atoms with Gasteiger partial charge in [-0.15, -0.1) is 0 Å². The largest absolute Gasteiger partial charge is 0.381 e. The lowest BCUT2D eigenvalue weighted by atomic mass is 9.89. The molecule has 0 fully saturated rings. The molecule has 3 heteroatoms. The zero-order valence-electron chi connectivity index (χ0n) is 27.6. The summed E-state index contributed by atoms with van der Waals surface area (Å²) in [4.78, 5) is 0. The van der Waals surface area contributed by atoms with Crippen molar-refractivity contribution in [1.29, 1.82) is 5.26 Å². The Labute approximate surface area is 292 Å². The molecule has 238 valence electrons. The SMILES string of the molecule is N#Cc1ccc(-c2ccc(/C(=C/C(N)c3ccccc3)NCc3ccc(-c4c5ccccc5cc5c4ccc4ccccc45)cc3)cc2)cc1. The molecule has 3 N–H and O–H groups in total. The molecule has 0 heterocycles. The second kappa shape index (κ2) is 13.6. The average molecular weight is 642 g/mol. The molecule has 0 aliphatic heterocycles. The van der Waals surface area contributed by atoms with Crippen molar-refractivity contribution in [2.75, 3.05) is 0 Å². The van der Waals surface area contributed by atoms with E-state index in [1.807, 2.05) is 42.5 Å². The lowest BCUT2D eigenvalue weighted by molar-refractivity contribution is 0.858. The Kier molecular flexibility index (Phi) is 8.37. The Balaban J connectivity index is 1.11. The van der Waals surface area contributed by atoms with Gasteiger partial charge in [0.15, 0.2) is 0 Å². The number of hydrogen-bond donors (Lipinski definition) is 2. The van der Waals surface area contributed by atoms with E-state index in [0.29, 0.717) is 12.1 Å². The van der Waals surface area contributed by atoms with Crippen LogP contribution < -0.4 is 11.1 Å². The summed E-state index contributed by atoms with van der Waals surface area (Å²) in [6, 6.07) is 61.4. The molecule has 0 radical (unpaired) electrons. The second-order valence-corrected chi connectivity index (χ2v) is 12.7. The smallest absolute Gasteiger partial charge is 0.0991 e. The van der Waals surface area contributed by atoms with Crippen LogP contribution in [-0.4, -0.2) is 0 Å². The number of rotatable bonds is 8. The number of nitriles is 1. The Morgan fingerprint density at radius 2 is 1.20 bits per heavy atom. The number of benzene rings is 8. The number of hydrogen-bond acceptors (Lipinski definition) is 3. The van der Waals surface area contributed by atoms with Crippen molar-refractivity contribution in [1.82, 2.24) is 5.32 Å². The molecule has 3 nitrogen and oxygen atoms in total. The molecule has 8 aromatic rings. The highest BCUT2D eigenvalue weighted by molar-refractivity contribution is 6.20. The molecule has 0 aliphatic carbocycles. The summed E-state index contributed by atoms with van der Waals surface area (Å²) in [5, 5.41) is 20.5. The Morgan fingerprint density at radius 1 is 0.580 bits per heavy atom. The van der Waals surface area contributed by atoms with Gasteiger partial charge in [-0.1, -0.05) is 152 Å². The molecule has 1 atom stereocenters. The standard InChI is InChI=1S/C47H35N3/c48-30-32-14-18-34(19-15-32)35-22-24-38(25-23-35)46(29-45(49)37-9-2-1-3-10-37)50-31-33-16-20-39(21-17-33)47-42-13-7-5-11-40(42)28-44-41-12-6-4-8-36(41)26-27-43(44)47/h1-29,45,50H,31,49H2/b46-29-. The minimum atomic E-state index is -0.269. The van der Waals surface area contributed by atoms with E-state index in [4.69, 9.17) is 5.73 Å². The molecule has 0 aliphatic rings. The van der Waals surface area contributed by atoms with E-state index in [9.17, 15) is 5.26 Å². The van der Waals surface area contributed by atoms with Crippen molar-refractivity contribution in [3.05, 3.63) is 198 Å². The molecule has 0 amide bonds. The molecule has 8 rings (SSSR count). The van der Waals surface area contributed by atoms with Crippen molar-refractivity contribution in [2.45, 2.75) is 12.6 Å². The lowest BCUT2D eigenvalue weighted by Crippen LogP contribution is -2.16. The fourth-order valence-corrected chi connectivity index (χ4v) is 6.91. The van der Waals surface area contributed by atoms with Gasteiger partial charge in [-0.2, -0.15) is 5.26 Å². The van der Waals surface area contributed by atoms with Crippen LogP contribution in [-0.2, 0) is 6.54 Å². The van der Waals surface area contributed by atoms with E-state index < -0.39 is 0 Å². The zero-order chi connectivity index (χ0) is 33.9. The summed E-state index contributed by atoms with van der Waals surface area (Å²) >= 11 is 0. The van der Waals surface area contributed by atoms with Gasteiger partial charge in [0.2, 0.25) is 0 Å². The van der Waals surface area contributed by atoms with Gasteiger partial charge in [-0.25, -0.2) is 0 Å². The number of nitrogens with two attached hydrogens (primary N) is 1. The molecule has 8 aromatic carbocycles. The number of nitrogens with zero attached hydrogens (tertiary/aromatic N) is 1. The van der Waals surface area contributed by atoms with Crippen LogP contribution in [0.5, 0.6) is 0 Å². The average Bonchev–Trinajstić information content (AvgIpc) is 3.19. The van der Waals surface area contributed by atoms with Crippen molar-refractivity contribution in [3.8, 4) is 28.3 Å². The minimum absolute atomic E-state index is 0.269. The predicted molar refractivity (Wildman–Crippen MR) is 209 cm³/mol. The van der Waals surface area contributed by atoms with Crippen LogP contribution in [0.2, 0.25) is 0 Å². The maximum Gasteiger partial charge on any atom is 0.0991 e. The maximum atomic E-state index is 9.18. The van der Waals surface area contributed by atoms with Crippen LogP contribution in [0.3, 0.4) is 0 Å². The topological polar surface area (TPSA) is 61.8 Å². The van der Waals surface area contributed by atoms with Crippen molar-refractivity contribution in [2.24, 2.45) is 5.73 Å². The van der Waals surface area contributed by atoms with Crippen LogP contribution in [0.15, 0.2) is 176 Å². The zero-order valence-corrected chi connectivity index (χ0v) is 27.6. The Hall–Kier alpha value is -6.47. The van der Waals surface area contributed by atoms with Crippen molar-refractivity contribution >= 4 is 38.0 Å². The van der Waals surface area contributed by atoms with Gasteiger partial charge in [0.05, 0.1) is 17.7 Å². The third-order valence-corrected chi connectivity index (χ3v) is 9.57. The molecular formula is C47H35N3. The maximum absolute atomic E-state index is 9.18. The van der Waals surface area contributed by atoms with Crippen molar-refractivity contribution in [3.63, 3.8) is 0 Å². The van der Waals surface area contributed by atoms with Crippen LogP contribution in [0.25, 0.3) is 60.3 Å². The van der Waals surface area contributed by atoms with Crippen LogP contribution in [0.4, 0.5) is 0 Å². The molecular weight excluding hydrogens is 607 g/mol. The van der Waals surface area contributed by atoms with E-state index in [1.165, 1.54) is 49.0 Å². The Bertz CT molecular complexity index is 2520. The molecule has 50 heavy (non-hydrogen) atoms. The number of nitrogens with one attached hydrogen (secondary N) is 1. The van der Waals surface area contributed by atoms with Gasteiger partial charge in [0, 0.05) is 12.2 Å². The monoisotopic (exact) mass is 641 g/mol. The van der Waals surface area contributed by atoms with Crippen molar-refractivity contribution < 1.29 is 0 Å². The molecule has 0 spiro atoms. The first-order valence-corrected chi connectivity index (χ1v) is 16.9. The first-order chi connectivity index (χ1) is 24.6. The third-order valence-electron chi connectivity index (χ3n) is 9.57. The molecule has 0 saturated carbocycles. The summed E-state index contributed by atoms with van der Waals surface area (Å²) in [5.41, 5.74) is 16.3. The normalized spacial score (nSPS) is 12.2. The summed E-state index contributed by atoms with van der Waals surface area (Å²) in [6.07, 6.45) is 2.10. The summed E-state index contributed by atoms with van der Waals surface area (Å²) in [5.74, 6) is 0. The first kappa shape index (κ1) is 30.8. The minimum Gasteiger partial charge on any atom is -0.381 e. The van der Waals surface area contributed by atoms with E-state index in [2.05, 4.69) is 145 Å². The predicted octanol–water partition coefficient (Wildman–Crippen LogP) is 11.2. The van der Waals surface area contributed by atoms with Gasteiger partial charge in [-0.05, 0) is 95.5 Å². The number of fused-ring (bicyclic) bond motifs is 4. The quantitative estimate of drug-likeness (QED) is 0.128. The third kappa shape index (κ3) is 6.13. The molecule has 0 saturated heterocycles. The summed E-state index contributed by atoms with van der Waals surface area (Å²) in [7, 11) is 0. The van der Waals surface area contributed by atoms with Crippen LogP contribution in [0, 0.1) is 11.3 Å². The molecule has 0 aromatic heterocycles. The van der Waals surface area contributed by atoms with Gasteiger partial charge < -0.3 is 11.1 Å². The van der Waals surface area contributed by atoms with Crippen LogP contribution in [0.1, 0.15) is 28.3 Å². The van der Waals surface area contributed by atoms with Gasteiger partial charge in [0.25, 0.3) is 0 Å². The molecule has 1 unspecified atom stereocenters. The van der Waals surface area contributed by atoms with E-state index >= 15 is 0 Å². The fourth-order valence-electron chi connectivity index (χ4n) is 6.91. The highest BCUT2D eigenvalue weighted by Crippen LogP contribution is 2.39. The van der Waals surface area contributed by atoms with Crippen LogP contribution >= 0.6 is 0 Å². The lowest BCUT2D eigenvalue weighted by Gasteiger charge is -2.17. The van der Waals surface area contributed by atoms with E-state index in [0.717, 1.165) is 28.0 Å². The fraction of sp³-hybridized carbons (Fsp3) is 0.0426. The van der Waals surface area contributed by atoms with Gasteiger partial charge in [0.1, 0.15) is 0 Å². The summed E-state index contributed by atoms with van der Waals surface area (Å²) in [6.45, 7) is 0.645. The van der Waals surface area contributed by atoms with E-state index in [-0.39, 0.29) is 6.04 Å². The molecule has 0 bridgehead atoms. The van der Waals surface area contributed by atoms with Gasteiger partial charge in [-0.3, -0.25) is 0 Å². The van der Waals surface area contributed by atoms with E-state index in [1.54, 1.807) is 0 Å². The second-order valence-electron chi connectivity index (χ2n) is 12.7. The summed E-state index contributed by atoms with van der Waals surface area (Å²) < 4.78 is 0.